The fraction of sp³-hybridized carbons (Fsp3) is 1.00. The van der Waals surface area contributed by atoms with Crippen LogP contribution in [0.25, 0.3) is 0 Å². The summed E-state index contributed by atoms with van der Waals surface area (Å²) in [7, 11) is 0. The van der Waals surface area contributed by atoms with Crippen molar-refractivity contribution in [3.63, 3.8) is 0 Å². The lowest BCUT2D eigenvalue weighted by Gasteiger charge is -2.24. The number of aliphatic hydroxyl groups is 1. The Bertz CT molecular complexity index is 134. The SMILES string of the molecule is CCC(C)N1CCC(C)(O)C1. The van der Waals surface area contributed by atoms with Gasteiger partial charge in [-0.05, 0) is 26.7 Å². The summed E-state index contributed by atoms with van der Waals surface area (Å²) in [6.07, 6.45) is 2.10. The number of hydrogen-bond donors (Lipinski definition) is 1. The van der Waals surface area contributed by atoms with Crippen molar-refractivity contribution in [3.05, 3.63) is 0 Å². The number of β-amino-alcohol motifs (C(OH)–C–C–N with tert-alkyl or cyclic N) is 1. The zero-order chi connectivity index (χ0) is 8.48. The van der Waals surface area contributed by atoms with Gasteiger partial charge in [0.15, 0.2) is 0 Å². The Hall–Kier alpha value is -0.0800. The fourth-order valence-electron chi connectivity index (χ4n) is 1.61. The van der Waals surface area contributed by atoms with Crippen LogP contribution in [0.1, 0.15) is 33.6 Å². The molecule has 0 aliphatic carbocycles. The molecule has 0 bridgehead atoms. The Morgan fingerprint density at radius 1 is 1.64 bits per heavy atom. The maximum Gasteiger partial charge on any atom is 0.0758 e. The van der Waals surface area contributed by atoms with E-state index in [9.17, 15) is 5.11 Å². The zero-order valence-electron chi connectivity index (χ0n) is 7.80. The van der Waals surface area contributed by atoms with E-state index in [1.54, 1.807) is 0 Å². The summed E-state index contributed by atoms with van der Waals surface area (Å²) in [6.45, 7) is 8.25. The summed E-state index contributed by atoms with van der Waals surface area (Å²) in [5, 5.41) is 9.67. The highest BCUT2D eigenvalue weighted by molar-refractivity contribution is 4.87. The zero-order valence-corrected chi connectivity index (χ0v) is 7.80. The molecular formula is C9H19NO. The van der Waals surface area contributed by atoms with Crippen molar-refractivity contribution in [2.45, 2.75) is 45.3 Å². The summed E-state index contributed by atoms with van der Waals surface area (Å²) in [5.41, 5.74) is -0.427. The largest absolute Gasteiger partial charge is 0.389 e. The molecular weight excluding hydrogens is 138 g/mol. The van der Waals surface area contributed by atoms with E-state index >= 15 is 0 Å². The van der Waals surface area contributed by atoms with Crippen molar-refractivity contribution in [2.24, 2.45) is 0 Å². The standard InChI is InChI=1S/C9H19NO/c1-4-8(2)10-6-5-9(3,11)7-10/h8,11H,4-7H2,1-3H3. The molecule has 66 valence electrons. The van der Waals surface area contributed by atoms with Crippen LogP contribution in [-0.2, 0) is 0 Å². The number of hydrogen-bond acceptors (Lipinski definition) is 2. The van der Waals surface area contributed by atoms with Gasteiger partial charge in [-0.25, -0.2) is 0 Å². The lowest BCUT2D eigenvalue weighted by molar-refractivity contribution is 0.0631. The highest BCUT2D eigenvalue weighted by Gasteiger charge is 2.32. The Kier molecular flexibility index (Phi) is 2.55. The van der Waals surface area contributed by atoms with Gasteiger partial charge in [-0.2, -0.15) is 0 Å². The highest BCUT2D eigenvalue weighted by Crippen LogP contribution is 2.22. The van der Waals surface area contributed by atoms with Gasteiger partial charge in [-0.1, -0.05) is 6.92 Å². The Labute approximate surface area is 69.2 Å². The maximum atomic E-state index is 9.67. The second kappa shape index (κ2) is 3.11. The number of likely N-dealkylation sites (tertiary alicyclic amines) is 1. The minimum atomic E-state index is -0.427. The Morgan fingerprint density at radius 2 is 2.27 bits per heavy atom. The molecule has 0 aromatic carbocycles. The predicted molar refractivity (Wildman–Crippen MR) is 46.6 cm³/mol. The number of nitrogens with zero attached hydrogens (tertiary/aromatic N) is 1. The first-order valence-electron chi connectivity index (χ1n) is 4.51. The highest BCUT2D eigenvalue weighted by atomic mass is 16.3. The molecule has 1 aliphatic heterocycles. The van der Waals surface area contributed by atoms with Gasteiger partial charge in [0.1, 0.15) is 0 Å². The van der Waals surface area contributed by atoms with Crippen LogP contribution in [0.2, 0.25) is 0 Å². The third-order valence-electron chi connectivity index (χ3n) is 2.70. The quantitative estimate of drug-likeness (QED) is 0.652. The van der Waals surface area contributed by atoms with Crippen LogP contribution in [-0.4, -0.2) is 34.7 Å². The van der Waals surface area contributed by atoms with E-state index in [-0.39, 0.29) is 0 Å². The van der Waals surface area contributed by atoms with Crippen molar-refractivity contribution < 1.29 is 5.11 Å². The molecule has 0 aromatic rings. The van der Waals surface area contributed by atoms with E-state index in [2.05, 4.69) is 18.7 Å². The normalized spacial score (nSPS) is 36.0. The van der Waals surface area contributed by atoms with E-state index in [0.29, 0.717) is 6.04 Å². The molecule has 11 heavy (non-hydrogen) atoms. The first-order chi connectivity index (χ1) is 5.05. The second-order valence-corrected chi connectivity index (χ2v) is 3.97. The average molecular weight is 157 g/mol. The van der Waals surface area contributed by atoms with Crippen molar-refractivity contribution in [2.75, 3.05) is 13.1 Å². The number of rotatable bonds is 2. The van der Waals surface area contributed by atoms with E-state index in [1.165, 1.54) is 6.42 Å². The van der Waals surface area contributed by atoms with Crippen molar-refractivity contribution in [3.8, 4) is 0 Å². The first kappa shape index (κ1) is 9.01. The summed E-state index contributed by atoms with van der Waals surface area (Å²) in [4.78, 5) is 2.36. The summed E-state index contributed by atoms with van der Waals surface area (Å²) in [5.74, 6) is 0. The van der Waals surface area contributed by atoms with Crippen LogP contribution in [0.4, 0.5) is 0 Å². The van der Waals surface area contributed by atoms with E-state index in [1.807, 2.05) is 6.92 Å². The van der Waals surface area contributed by atoms with Gasteiger partial charge in [-0.15, -0.1) is 0 Å². The lowest BCUT2D eigenvalue weighted by atomic mass is 10.1. The third kappa shape index (κ3) is 2.17. The summed E-state index contributed by atoms with van der Waals surface area (Å²) in [6, 6.07) is 0.629. The van der Waals surface area contributed by atoms with Crippen LogP contribution >= 0.6 is 0 Å². The molecule has 2 nitrogen and oxygen atoms in total. The van der Waals surface area contributed by atoms with Gasteiger partial charge in [0.05, 0.1) is 5.60 Å². The molecule has 0 amide bonds. The molecule has 0 radical (unpaired) electrons. The minimum absolute atomic E-state index is 0.427. The molecule has 0 aromatic heterocycles. The van der Waals surface area contributed by atoms with Crippen LogP contribution in [0, 0.1) is 0 Å². The van der Waals surface area contributed by atoms with Crippen LogP contribution in [0.5, 0.6) is 0 Å². The van der Waals surface area contributed by atoms with Crippen molar-refractivity contribution in [1.82, 2.24) is 4.90 Å². The molecule has 1 saturated heterocycles. The Morgan fingerprint density at radius 3 is 2.64 bits per heavy atom. The molecule has 1 heterocycles. The lowest BCUT2D eigenvalue weighted by Crippen LogP contribution is -2.34. The third-order valence-corrected chi connectivity index (χ3v) is 2.70. The summed E-state index contributed by atoms with van der Waals surface area (Å²) < 4.78 is 0. The predicted octanol–water partition coefficient (Wildman–Crippen LogP) is 1.24. The molecule has 2 atom stereocenters. The second-order valence-electron chi connectivity index (χ2n) is 3.97. The van der Waals surface area contributed by atoms with E-state index in [4.69, 9.17) is 0 Å². The van der Waals surface area contributed by atoms with Gasteiger partial charge in [0.2, 0.25) is 0 Å². The van der Waals surface area contributed by atoms with Crippen LogP contribution < -0.4 is 0 Å². The maximum absolute atomic E-state index is 9.67. The van der Waals surface area contributed by atoms with Gasteiger partial charge < -0.3 is 5.11 Å². The summed E-state index contributed by atoms with van der Waals surface area (Å²) >= 11 is 0. The molecule has 1 rings (SSSR count). The van der Waals surface area contributed by atoms with Crippen molar-refractivity contribution in [1.29, 1.82) is 0 Å². The van der Waals surface area contributed by atoms with E-state index < -0.39 is 5.60 Å². The fourth-order valence-corrected chi connectivity index (χ4v) is 1.61. The van der Waals surface area contributed by atoms with Crippen LogP contribution in [0.15, 0.2) is 0 Å². The molecule has 1 N–H and O–H groups in total. The van der Waals surface area contributed by atoms with Gasteiger partial charge in [0, 0.05) is 19.1 Å². The molecule has 2 unspecified atom stereocenters. The molecule has 0 saturated carbocycles. The topological polar surface area (TPSA) is 23.5 Å². The molecule has 2 heteroatoms. The van der Waals surface area contributed by atoms with Gasteiger partial charge in [0.25, 0.3) is 0 Å². The minimum Gasteiger partial charge on any atom is -0.389 e. The molecule has 0 spiro atoms. The smallest absolute Gasteiger partial charge is 0.0758 e. The van der Waals surface area contributed by atoms with Crippen LogP contribution in [0.3, 0.4) is 0 Å². The van der Waals surface area contributed by atoms with Gasteiger partial charge >= 0.3 is 0 Å². The molecule has 1 fully saturated rings. The average Bonchev–Trinajstić information content (AvgIpc) is 2.29. The molecule has 1 aliphatic rings. The monoisotopic (exact) mass is 157 g/mol. The van der Waals surface area contributed by atoms with E-state index in [0.717, 1.165) is 19.5 Å². The van der Waals surface area contributed by atoms with Crippen molar-refractivity contribution >= 4 is 0 Å². The first-order valence-corrected chi connectivity index (χ1v) is 4.51. The van der Waals surface area contributed by atoms with Gasteiger partial charge in [-0.3, -0.25) is 4.90 Å². The Balaban J connectivity index is 2.41.